The maximum Gasteiger partial charge on any atom is 0.181 e. The zero-order valence-corrected chi connectivity index (χ0v) is 9.85. The van der Waals surface area contributed by atoms with Crippen LogP contribution in [0.5, 0.6) is 0 Å². The Kier molecular flexibility index (Phi) is 2.65. The molecule has 4 nitrogen and oxygen atoms in total. The highest BCUT2D eigenvalue weighted by Crippen LogP contribution is 2.26. The third kappa shape index (κ3) is 1.96. The summed E-state index contributed by atoms with van der Waals surface area (Å²) < 4.78 is 0. The molecule has 0 saturated carbocycles. The van der Waals surface area contributed by atoms with Crippen molar-refractivity contribution < 1.29 is 0 Å². The molecule has 4 heteroatoms. The number of H-pyrrole nitrogens is 1. The van der Waals surface area contributed by atoms with Crippen molar-refractivity contribution in [3.63, 3.8) is 0 Å². The van der Waals surface area contributed by atoms with Gasteiger partial charge in [0.25, 0.3) is 0 Å². The SMILES string of the molecule is CC1NCCC1c1nc(-c2ccccc2)n[nH]1. The van der Waals surface area contributed by atoms with Crippen LogP contribution in [-0.2, 0) is 0 Å². The molecule has 1 aromatic carbocycles. The van der Waals surface area contributed by atoms with E-state index in [1.54, 1.807) is 0 Å². The monoisotopic (exact) mass is 228 g/mol. The highest BCUT2D eigenvalue weighted by Gasteiger charge is 2.27. The van der Waals surface area contributed by atoms with Gasteiger partial charge in [-0.15, -0.1) is 0 Å². The first-order valence-corrected chi connectivity index (χ1v) is 6.05. The van der Waals surface area contributed by atoms with Gasteiger partial charge in [0.15, 0.2) is 5.82 Å². The first kappa shape index (κ1) is 10.5. The van der Waals surface area contributed by atoms with Gasteiger partial charge in [-0.2, -0.15) is 5.10 Å². The predicted octanol–water partition coefficient (Wildman–Crippen LogP) is 1.94. The quantitative estimate of drug-likeness (QED) is 0.826. The molecule has 2 N–H and O–H groups in total. The molecular formula is C13H16N4. The van der Waals surface area contributed by atoms with Crippen LogP contribution in [0.2, 0.25) is 0 Å². The number of rotatable bonds is 2. The topological polar surface area (TPSA) is 53.6 Å². The molecular weight excluding hydrogens is 212 g/mol. The maximum atomic E-state index is 4.61. The zero-order valence-electron chi connectivity index (χ0n) is 9.85. The largest absolute Gasteiger partial charge is 0.314 e. The zero-order chi connectivity index (χ0) is 11.7. The average molecular weight is 228 g/mol. The lowest BCUT2D eigenvalue weighted by Gasteiger charge is -2.10. The summed E-state index contributed by atoms with van der Waals surface area (Å²) in [6.07, 6.45) is 1.13. The fourth-order valence-corrected chi connectivity index (χ4v) is 2.39. The van der Waals surface area contributed by atoms with Crippen LogP contribution < -0.4 is 5.32 Å². The summed E-state index contributed by atoms with van der Waals surface area (Å²) in [5.41, 5.74) is 1.06. The molecule has 0 radical (unpaired) electrons. The molecule has 2 aromatic rings. The van der Waals surface area contributed by atoms with Crippen molar-refractivity contribution in [1.29, 1.82) is 0 Å². The number of aromatic nitrogens is 3. The van der Waals surface area contributed by atoms with Crippen LogP contribution in [0, 0.1) is 0 Å². The van der Waals surface area contributed by atoms with Crippen LogP contribution in [0.3, 0.4) is 0 Å². The number of nitrogens with one attached hydrogen (secondary N) is 2. The molecule has 1 saturated heterocycles. The van der Waals surface area contributed by atoms with Crippen molar-refractivity contribution in [3.8, 4) is 11.4 Å². The van der Waals surface area contributed by atoms with E-state index in [1.165, 1.54) is 0 Å². The summed E-state index contributed by atoms with van der Waals surface area (Å²) in [6, 6.07) is 10.6. The van der Waals surface area contributed by atoms with Gasteiger partial charge in [-0.25, -0.2) is 4.98 Å². The molecule has 1 aromatic heterocycles. The lowest BCUT2D eigenvalue weighted by molar-refractivity contribution is 0.570. The minimum absolute atomic E-state index is 0.458. The van der Waals surface area contributed by atoms with E-state index in [4.69, 9.17) is 0 Å². The average Bonchev–Trinajstić information content (AvgIpc) is 2.98. The van der Waals surface area contributed by atoms with Gasteiger partial charge < -0.3 is 5.32 Å². The van der Waals surface area contributed by atoms with Gasteiger partial charge >= 0.3 is 0 Å². The molecule has 0 amide bonds. The van der Waals surface area contributed by atoms with E-state index in [-0.39, 0.29) is 0 Å². The van der Waals surface area contributed by atoms with E-state index < -0.39 is 0 Å². The fourth-order valence-electron chi connectivity index (χ4n) is 2.39. The molecule has 0 aliphatic carbocycles. The molecule has 0 spiro atoms. The van der Waals surface area contributed by atoms with Crippen LogP contribution in [0.25, 0.3) is 11.4 Å². The normalized spacial score (nSPS) is 24.1. The summed E-state index contributed by atoms with van der Waals surface area (Å²) >= 11 is 0. The number of hydrogen-bond acceptors (Lipinski definition) is 3. The van der Waals surface area contributed by atoms with Crippen molar-refractivity contribution in [2.75, 3.05) is 6.54 Å². The summed E-state index contributed by atoms with van der Waals surface area (Å²) in [5.74, 6) is 2.25. The van der Waals surface area contributed by atoms with Gasteiger partial charge in [-0.05, 0) is 19.9 Å². The van der Waals surface area contributed by atoms with E-state index >= 15 is 0 Å². The van der Waals surface area contributed by atoms with Gasteiger partial charge in [0.05, 0.1) is 0 Å². The lowest BCUT2D eigenvalue weighted by Crippen LogP contribution is -2.22. The van der Waals surface area contributed by atoms with Gasteiger partial charge in [0.2, 0.25) is 0 Å². The van der Waals surface area contributed by atoms with E-state index in [2.05, 4.69) is 27.4 Å². The van der Waals surface area contributed by atoms with Crippen molar-refractivity contribution in [2.45, 2.75) is 25.3 Å². The third-order valence-electron chi connectivity index (χ3n) is 3.41. The molecule has 0 bridgehead atoms. The summed E-state index contributed by atoms with van der Waals surface area (Å²) in [6.45, 7) is 3.26. The molecule has 1 aliphatic rings. The number of benzene rings is 1. The summed E-state index contributed by atoms with van der Waals surface area (Å²) in [4.78, 5) is 4.61. The van der Waals surface area contributed by atoms with E-state index in [0.717, 1.165) is 30.2 Å². The van der Waals surface area contributed by atoms with Gasteiger partial charge in [-0.3, -0.25) is 5.10 Å². The first-order chi connectivity index (χ1) is 8.34. The molecule has 2 atom stereocenters. The van der Waals surface area contributed by atoms with Crippen molar-refractivity contribution in [2.24, 2.45) is 0 Å². The van der Waals surface area contributed by atoms with Crippen molar-refractivity contribution >= 4 is 0 Å². The molecule has 17 heavy (non-hydrogen) atoms. The highest BCUT2D eigenvalue weighted by atomic mass is 15.2. The van der Waals surface area contributed by atoms with E-state index in [0.29, 0.717) is 12.0 Å². The molecule has 2 unspecified atom stereocenters. The number of hydrogen-bond donors (Lipinski definition) is 2. The first-order valence-electron chi connectivity index (χ1n) is 6.05. The Morgan fingerprint density at radius 3 is 2.76 bits per heavy atom. The van der Waals surface area contributed by atoms with Crippen LogP contribution >= 0.6 is 0 Å². The van der Waals surface area contributed by atoms with E-state index in [1.807, 2.05) is 30.3 Å². The van der Waals surface area contributed by atoms with Gasteiger partial charge in [-0.1, -0.05) is 30.3 Å². The second kappa shape index (κ2) is 4.30. The number of aromatic amines is 1. The Morgan fingerprint density at radius 2 is 2.06 bits per heavy atom. The lowest BCUT2D eigenvalue weighted by atomic mass is 10.0. The highest BCUT2D eigenvalue weighted by molar-refractivity contribution is 5.53. The minimum Gasteiger partial charge on any atom is -0.314 e. The van der Waals surface area contributed by atoms with Crippen LogP contribution in [0.1, 0.15) is 25.1 Å². The Balaban J connectivity index is 1.88. The minimum atomic E-state index is 0.458. The second-order valence-electron chi connectivity index (χ2n) is 4.55. The van der Waals surface area contributed by atoms with Crippen LogP contribution in [-0.4, -0.2) is 27.8 Å². The molecule has 88 valence electrons. The molecule has 2 heterocycles. The Labute approximate surface area is 100 Å². The molecule has 1 aliphatic heterocycles. The van der Waals surface area contributed by atoms with E-state index in [9.17, 15) is 0 Å². The van der Waals surface area contributed by atoms with Gasteiger partial charge in [0.1, 0.15) is 5.82 Å². The molecule has 1 fully saturated rings. The Morgan fingerprint density at radius 1 is 1.24 bits per heavy atom. The van der Waals surface area contributed by atoms with Crippen LogP contribution in [0.15, 0.2) is 30.3 Å². The standard InChI is InChI=1S/C13H16N4/c1-9-11(7-8-14-9)13-15-12(16-17-13)10-5-3-2-4-6-10/h2-6,9,11,14H,7-8H2,1H3,(H,15,16,17). The molecule has 3 rings (SSSR count). The predicted molar refractivity (Wildman–Crippen MR) is 66.6 cm³/mol. The van der Waals surface area contributed by atoms with Crippen molar-refractivity contribution in [3.05, 3.63) is 36.2 Å². The second-order valence-corrected chi connectivity index (χ2v) is 4.55. The van der Waals surface area contributed by atoms with Crippen LogP contribution in [0.4, 0.5) is 0 Å². The Bertz CT molecular complexity index is 491. The summed E-state index contributed by atoms with van der Waals surface area (Å²) in [5, 5.41) is 10.8. The van der Waals surface area contributed by atoms with Crippen molar-refractivity contribution in [1.82, 2.24) is 20.5 Å². The number of nitrogens with zero attached hydrogens (tertiary/aromatic N) is 2. The Hall–Kier alpha value is -1.68. The van der Waals surface area contributed by atoms with Gasteiger partial charge in [0, 0.05) is 17.5 Å². The third-order valence-corrected chi connectivity index (χ3v) is 3.41. The maximum absolute atomic E-state index is 4.61. The summed E-state index contributed by atoms with van der Waals surface area (Å²) in [7, 11) is 0. The fraction of sp³-hybridized carbons (Fsp3) is 0.385. The smallest absolute Gasteiger partial charge is 0.181 e.